The number of Topliss-reactive ketones (excluding diaryl/α,β-unsaturated/α-hetero) is 2. The molecule has 2 heterocycles. The van der Waals surface area contributed by atoms with E-state index in [0.717, 1.165) is 82.9 Å². The van der Waals surface area contributed by atoms with E-state index in [1.807, 2.05) is 7.05 Å². The molecule has 50 heavy (non-hydrogen) atoms. The van der Waals surface area contributed by atoms with Gasteiger partial charge in [0.25, 0.3) is 5.60 Å². The Morgan fingerprint density at radius 2 is 1.84 bits per heavy atom. The van der Waals surface area contributed by atoms with Gasteiger partial charge in [0, 0.05) is 48.3 Å². The summed E-state index contributed by atoms with van der Waals surface area (Å²) in [5, 5.41) is 8.15. The van der Waals surface area contributed by atoms with Crippen LogP contribution in [0.3, 0.4) is 0 Å². The highest BCUT2D eigenvalue weighted by Crippen LogP contribution is 2.62. The molecule has 0 aromatic carbocycles. The van der Waals surface area contributed by atoms with Crippen molar-refractivity contribution in [1.82, 2.24) is 5.32 Å². The molecule has 0 spiro atoms. The lowest BCUT2D eigenvalue weighted by Crippen LogP contribution is -2.95. The SMILES string of the molecule is CC[NH2+][C@@H]1C=C[C@@H](CC)C[C@H]1COC(=O)[C@]12O[C@@]1(CC=C(C)C1([C@@H](NC(N)=[NH+]C)C3CC[NH2+]C(N)C3)CCCC1)C(=O)C1CCCCC1C2=O. The number of ketones is 2. The van der Waals surface area contributed by atoms with Crippen molar-refractivity contribution in [3.63, 3.8) is 0 Å². The fourth-order valence-electron chi connectivity index (χ4n) is 10.8. The normalized spacial score (nSPS) is 39.0. The number of guanidine groups is 1. The molecular weight excluding hydrogens is 632 g/mol. The zero-order valence-electron chi connectivity index (χ0n) is 31.0. The van der Waals surface area contributed by atoms with Gasteiger partial charge in [-0.3, -0.25) is 31.4 Å². The molecule has 2 aliphatic heterocycles. The first-order valence-electron chi connectivity index (χ1n) is 19.9. The van der Waals surface area contributed by atoms with Crippen LogP contribution in [-0.2, 0) is 23.9 Å². The Hall–Kier alpha value is -2.60. The molecule has 10 N–H and O–H groups in total. The highest BCUT2D eigenvalue weighted by atomic mass is 16.7. The largest absolute Gasteiger partial charge is 0.463 e. The fourth-order valence-corrected chi connectivity index (χ4v) is 10.8. The predicted molar refractivity (Wildman–Crippen MR) is 190 cm³/mol. The first-order chi connectivity index (χ1) is 24.1. The van der Waals surface area contributed by atoms with E-state index in [1.165, 1.54) is 0 Å². The summed E-state index contributed by atoms with van der Waals surface area (Å²) in [6.07, 6.45) is 18.0. The third-order valence-electron chi connectivity index (χ3n) is 13.7. The summed E-state index contributed by atoms with van der Waals surface area (Å²) < 4.78 is 12.5. The van der Waals surface area contributed by atoms with Crippen LogP contribution >= 0.6 is 0 Å². The number of hydrogen-bond acceptors (Lipinski definition) is 6. The summed E-state index contributed by atoms with van der Waals surface area (Å²) in [5.74, 6) is -0.416. The number of nitrogens with one attached hydrogen (secondary N) is 2. The molecule has 3 saturated carbocycles. The quantitative estimate of drug-likeness (QED) is 0.0401. The van der Waals surface area contributed by atoms with Gasteiger partial charge in [0.2, 0.25) is 0 Å². The van der Waals surface area contributed by atoms with E-state index in [2.05, 4.69) is 59.9 Å². The Morgan fingerprint density at radius 3 is 2.50 bits per heavy atom. The number of hydrogen-bond donors (Lipinski definition) is 6. The maximum Gasteiger partial charge on any atom is 0.350 e. The summed E-state index contributed by atoms with van der Waals surface area (Å²) in [5.41, 5.74) is 10.5. The van der Waals surface area contributed by atoms with E-state index in [-0.39, 0.29) is 54.2 Å². The lowest BCUT2D eigenvalue weighted by Gasteiger charge is -2.43. The van der Waals surface area contributed by atoms with Gasteiger partial charge in [0.05, 0.1) is 26.2 Å². The topological polar surface area (TPSA) is 184 Å². The van der Waals surface area contributed by atoms with E-state index in [9.17, 15) is 14.4 Å². The van der Waals surface area contributed by atoms with Crippen LogP contribution in [-0.4, -0.2) is 79.7 Å². The predicted octanol–water partition coefficient (Wildman–Crippen LogP) is -0.312. The third-order valence-corrected chi connectivity index (χ3v) is 13.7. The van der Waals surface area contributed by atoms with Crippen LogP contribution in [0.4, 0.5) is 0 Å². The number of carbonyl (C=O) groups is 3. The summed E-state index contributed by atoms with van der Waals surface area (Å²) in [7, 11) is 1.82. The molecule has 4 unspecified atom stereocenters. The van der Waals surface area contributed by atoms with E-state index < -0.39 is 29.0 Å². The number of rotatable bonds is 12. The van der Waals surface area contributed by atoms with Crippen molar-refractivity contribution in [2.24, 2.45) is 46.5 Å². The highest BCUT2D eigenvalue weighted by molar-refractivity contribution is 6.23. The van der Waals surface area contributed by atoms with Crippen LogP contribution in [0.1, 0.15) is 104 Å². The van der Waals surface area contributed by atoms with Crippen molar-refractivity contribution in [3.8, 4) is 0 Å². The Labute approximate surface area is 298 Å². The average molecular weight is 698 g/mol. The van der Waals surface area contributed by atoms with Crippen LogP contribution in [0.2, 0.25) is 0 Å². The molecule has 6 aliphatic rings. The second-order valence-electron chi connectivity index (χ2n) is 16.4. The lowest BCUT2D eigenvalue weighted by molar-refractivity contribution is -0.699. The van der Waals surface area contributed by atoms with Gasteiger partial charge < -0.3 is 20.1 Å². The van der Waals surface area contributed by atoms with Crippen molar-refractivity contribution in [1.29, 1.82) is 0 Å². The van der Waals surface area contributed by atoms with Gasteiger partial charge in [-0.15, -0.1) is 0 Å². The van der Waals surface area contributed by atoms with Crippen LogP contribution in [0.5, 0.6) is 0 Å². The smallest absolute Gasteiger partial charge is 0.350 e. The highest BCUT2D eigenvalue weighted by Gasteiger charge is 2.87. The zero-order valence-corrected chi connectivity index (χ0v) is 31.0. The monoisotopic (exact) mass is 697 g/mol. The van der Waals surface area contributed by atoms with Crippen LogP contribution in [0, 0.1) is 35.0 Å². The van der Waals surface area contributed by atoms with E-state index >= 15 is 0 Å². The minimum atomic E-state index is -1.85. The summed E-state index contributed by atoms with van der Waals surface area (Å²) in [6, 6.07) is 0.265. The second-order valence-corrected chi connectivity index (χ2v) is 16.4. The molecule has 6 rings (SSSR count). The molecule has 278 valence electrons. The molecule has 0 amide bonds. The Balaban J connectivity index is 1.29. The molecule has 10 atom stereocenters. The standard InChI is InChI=1S/C39H62N6O5/c1-5-25-13-14-30(43-6-2)27(21-25)23-49-35(48)39-34(47)29-12-8-7-11-28(29)33(46)38(39,50-39)19-15-24(3)37(17-9-10-18-37)32(45-36(41)42-4)26-16-20-44-31(40)22-26/h13-15,25-32,43-44H,5-12,16-23,40H2,1-4H3,(H3,41,42,45)/p+3/t25-,26?,27+,28?,29?,30-,31?,32+,38+,39+/m1/s1. The second kappa shape index (κ2) is 15.2. The van der Waals surface area contributed by atoms with E-state index in [4.69, 9.17) is 20.9 Å². The third kappa shape index (κ3) is 6.49. The van der Waals surface area contributed by atoms with Gasteiger partial charge in [-0.05, 0) is 64.4 Å². The van der Waals surface area contributed by atoms with E-state index in [1.54, 1.807) is 0 Å². The maximum atomic E-state index is 14.5. The lowest BCUT2D eigenvalue weighted by atomic mass is 9.60. The number of fused-ring (bicyclic) bond motifs is 2. The Bertz CT molecular complexity index is 1370. The summed E-state index contributed by atoms with van der Waals surface area (Å²) >= 11 is 0. The van der Waals surface area contributed by atoms with Crippen LogP contribution in [0.25, 0.3) is 0 Å². The van der Waals surface area contributed by atoms with Crippen LogP contribution < -0.4 is 32.4 Å². The fraction of sp³-hybridized carbons (Fsp3) is 0.795. The molecular formula is C39H65N6O5+3. The first kappa shape index (κ1) is 37.2. The molecule has 4 aliphatic carbocycles. The van der Waals surface area contributed by atoms with Gasteiger partial charge in [-0.25, -0.2) is 4.79 Å². The number of allylic oxidation sites excluding steroid dienone is 1. The van der Waals surface area contributed by atoms with Crippen molar-refractivity contribution in [2.45, 2.75) is 134 Å². The van der Waals surface area contributed by atoms with Crippen molar-refractivity contribution < 1.29 is 39.5 Å². The zero-order chi connectivity index (χ0) is 35.7. The number of nitrogens with two attached hydrogens (primary N) is 4. The first-order valence-corrected chi connectivity index (χ1v) is 19.9. The van der Waals surface area contributed by atoms with Gasteiger partial charge in [-0.2, -0.15) is 0 Å². The number of carbonyl (C=O) groups excluding carboxylic acids is 3. The molecule has 0 bridgehead atoms. The van der Waals surface area contributed by atoms with Crippen molar-refractivity contribution in [3.05, 3.63) is 23.8 Å². The van der Waals surface area contributed by atoms with Gasteiger partial charge in [-0.1, -0.05) is 50.3 Å². The number of likely N-dealkylation sites (N-methyl/N-ethyl adjacent to an activating group) is 1. The molecule has 0 aromatic heterocycles. The van der Waals surface area contributed by atoms with Crippen molar-refractivity contribution >= 4 is 23.5 Å². The minimum Gasteiger partial charge on any atom is -0.463 e. The van der Waals surface area contributed by atoms with Gasteiger partial charge in [0.15, 0.2) is 17.2 Å². The number of ether oxygens (including phenoxy) is 2. The number of epoxide rings is 1. The maximum absolute atomic E-state index is 14.5. The van der Waals surface area contributed by atoms with Crippen molar-refractivity contribution in [2.75, 3.05) is 26.7 Å². The van der Waals surface area contributed by atoms with Gasteiger partial charge in [0.1, 0.15) is 18.8 Å². The molecule has 5 fully saturated rings. The molecule has 0 aromatic rings. The molecule has 2 saturated heterocycles. The molecule has 0 radical (unpaired) electrons. The van der Waals surface area contributed by atoms with Gasteiger partial charge >= 0.3 is 11.9 Å². The summed E-state index contributed by atoms with van der Waals surface area (Å²) in [6.45, 7) is 8.58. The van der Waals surface area contributed by atoms with Crippen LogP contribution in [0.15, 0.2) is 23.8 Å². The average Bonchev–Trinajstić information content (AvgIpc) is 3.60. The number of esters is 1. The number of piperidine rings is 1. The molecule has 11 heteroatoms. The molecule has 11 nitrogen and oxygen atoms in total. The van der Waals surface area contributed by atoms with E-state index in [0.29, 0.717) is 30.6 Å². The minimum absolute atomic E-state index is 0.0453. The summed E-state index contributed by atoms with van der Waals surface area (Å²) in [4.78, 5) is 46.4. The Morgan fingerprint density at radius 1 is 1.12 bits per heavy atom. The Kier molecular flexibility index (Phi) is 11.3. The number of quaternary nitrogens is 2.